The van der Waals surface area contributed by atoms with Crippen molar-refractivity contribution >= 4 is 45.8 Å². The monoisotopic (exact) mass is 424 g/mol. The van der Waals surface area contributed by atoms with Crippen LogP contribution in [0, 0.1) is 0 Å². The molecule has 0 aliphatic carbocycles. The molecule has 0 atom stereocenters. The van der Waals surface area contributed by atoms with Gasteiger partial charge in [-0.05, 0) is 47.0 Å². The summed E-state index contributed by atoms with van der Waals surface area (Å²) in [4.78, 5) is 36.1. The van der Waals surface area contributed by atoms with E-state index in [1.807, 2.05) is 36.4 Å². The number of ether oxygens (including phenoxy) is 1. The van der Waals surface area contributed by atoms with E-state index in [2.05, 4.69) is 10.6 Å². The number of anilines is 1. The average molecular weight is 425 g/mol. The van der Waals surface area contributed by atoms with Gasteiger partial charge < -0.3 is 15.4 Å². The van der Waals surface area contributed by atoms with Crippen LogP contribution in [0.4, 0.5) is 5.69 Å². The molecule has 3 rings (SSSR count). The minimum atomic E-state index is -0.683. The summed E-state index contributed by atoms with van der Waals surface area (Å²) >= 11 is 5.85. The van der Waals surface area contributed by atoms with E-state index in [4.69, 9.17) is 16.3 Å². The van der Waals surface area contributed by atoms with Crippen LogP contribution in [0.25, 0.3) is 10.8 Å². The largest absolute Gasteiger partial charge is 0.452 e. The molecule has 2 amide bonds. The number of fused-ring (bicyclic) bond motifs is 1. The van der Waals surface area contributed by atoms with E-state index in [0.717, 1.165) is 16.3 Å². The second kappa shape index (κ2) is 9.89. The summed E-state index contributed by atoms with van der Waals surface area (Å²) in [5.41, 5.74) is 1.57. The van der Waals surface area contributed by atoms with E-state index in [0.29, 0.717) is 23.7 Å². The molecule has 0 aliphatic rings. The lowest BCUT2D eigenvalue weighted by Crippen LogP contribution is -2.30. The van der Waals surface area contributed by atoms with Crippen molar-refractivity contribution in [2.75, 3.05) is 18.5 Å². The molecule has 0 saturated heterocycles. The molecule has 30 heavy (non-hydrogen) atoms. The zero-order chi connectivity index (χ0) is 21.5. The van der Waals surface area contributed by atoms with Gasteiger partial charge in [-0.15, -0.1) is 0 Å². The summed E-state index contributed by atoms with van der Waals surface area (Å²) in [5.74, 6) is -1.39. The molecule has 0 saturated carbocycles. The molecular weight excluding hydrogens is 404 g/mol. The third kappa shape index (κ3) is 5.81. The van der Waals surface area contributed by atoms with Gasteiger partial charge in [0.15, 0.2) is 6.61 Å². The van der Waals surface area contributed by atoms with Gasteiger partial charge in [-0.1, -0.05) is 48.0 Å². The van der Waals surface area contributed by atoms with Crippen molar-refractivity contribution < 1.29 is 19.1 Å². The molecule has 0 aliphatic heterocycles. The van der Waals surface area contributed by atoms with Gasteiger partial charge in [-0.2, -0.15) is 0 Å². The number of hydrogen-bond acceptors (Lipinski definition) is 4. The van der Waals surface area contributed by atoms with Crippen LogP contribution in [0.2, 0.25) is 5.02 Å². The Balaban J connectivity index is 1.59. The number of rotatable bonds is 7. The number of carbonyl (C=O) groups is 3. The first-order chi connectivity index (χ1) is 14.4. The molecule has 0 unspecified atom stereocenters. The Morgan fingerprint density at radius 2 is 1.63 bits per heavy atom. The van der Waals surface area contributed by atoms with Gasteiger partial charge in [0.2, 0.25) is 5.91 Å². The normalized spacial score (nSPS) is 10.5. The molecule has 6 nitrogen and oxygen atoms in total. The highest BCUT2D eigenvalue weighted by Crippen LogP contribution is 2.25. The highest BCUT2D eigenvalue weighted by molar-refractivity contribution is 6.30. The van der Waals surface area contributed by atoms with Crippen molar-refractivity contribution in [3.05, 3.63) is 76.8 Å². The van der Waals surface area contributed by atoms with E-state index in [9.17, 15) is 14.4 Å². The molecule has 7 heteroatoms. The van der Waals surface area contributed by atoms with Crippen molar-refractivity contribution in [3.63, 3.8) is 0 Å². The fourth-order valence-corrected chi connectivity index (χ4v) is 3.09. The van der Waals surface area contributed by atoms with Crippen LogP contribution in [0.15, 0.2) is 60.7 Å². The summed E-state index contributed by atoms with van der Waals surface area (Å²) in [6.07, 6.45) is 0.633. The molecule has 0 aromatic heterocycles. The number of carbonyl (C=O) groups excluding carboxylic acids is 3. The van der Waals surface area contributed by atoms with E-state index < -0.39 is 18.5 Å². The maximum atomic E-state index is 12.6. The predicted octanol–water partition coefficient (Wildman–Crippen LogP) is 3.97. The summed E-state index contributed by atoms with van der Waals surface area (Å²) in [7, 11) is 0. The molecule has 0 fully saturated rings. The Hall–Kier alpha value is -3.38. The van der Waals surface area contributed by atoms with Crippen molar-refractivity contribution in [3.8, 4) is 0 Å². The lowest BCUT2D eigenvalue weighted by Gasteiger charge is -2.12. The fourth-order valence-electron chi connectivity index (χ4n) is 2.96. The van der Waals surface area contributed by atoms with Crippen LogP contribution in [0.3, 0.4) is 0 Å². The van der Waals surface area contributed by atoms with Gasteiger partial charge in [0.05, 0.1) is 11.3 Å². The molecule has 2 N–H and O–H groups in total. The molecule has 0 radical (unpaired) electrons. The summed E-state index contributed by atoms with van der Waals surface area (Å²) in [6, 6.07) is 18.1. The highest BCUT2D eigenvalue weighted by Gasteiger charge is 2.16. The van der Waals surface area contributed by atoms with Gasteiger partial charge in [-0.3, -0.25) is 9.59 Å². The van der Waals surface area contributed by atoms with Gasteiger partial charge in [-0.25, -0.2) is 4.79 Å². The number of benzene rings is 3. The van der Waals surface area contributed by atoms with Crippen molar-refractivity contribution in [2.24, 2.45) is 0 Å². The molecule has 0 spiro atoms. The smallest absolute Gasteiger partial charge is 0.340 e. The highest BCUT2D eigenvalue weighted by atomic mass is 35.5. The number of esters is 1. The van der Waals surface area contributed by atoms with Gasteiger partial charge in [0, 0.05) is 18.5 Å². The van der Waals surface area contributed by atoms with E-state index in [1.54, 1.807) is 24.3 Å². The van der Waals surface area contributed by atoms with Crippen LogP contribution < -0.4 is 10.6 Å². The SMILES string of the molecule is CC(=O)Nc1cc2ccccc2cc1C(=O)OCC(=O)NCCc1ccc(Cl)cc1. The van der Waals surface area contributed by atoms with Crippen LogP contribution in [0.5, 0.6) is 0 Å². The van der Waals surface area contributed by atoms with Crippen molar-refractivity contribution in [1.29, 1.82) is 0 Å². The zero-order valence-electron chi connectivity index (χ0n) is 16.4. The summed E-state index contributed by atoms with van der Waals surface area (Å²) in [6.45, 7) is 1.36. The number of amides is 2. The fraction of sp³-hybridized carbons (Fsp3) is 0.174. The molecule has 0 heterocycles. The van der Waals surface area contributed by atoms with E-state index in [-0.39, 0.29) is 11.5 Å². The number of halogens is 1. The molecule has 0 bridgehead atoms. The summed E-state index contributed by atoms with van der Waals surface area (Å²) in [5, 5.41) is 7.70. The molecular formula is C23H21ClN2O4. The van der Waals surface area contributed by atoms with Gasteiger partial charge >= 0.3 is 5.97 Å². The molecule has 3 aromatic carbocycles. The van der Waals surface area contributed by atoms with Crippen molar-refractivity contribution in [2.45, 2.75) is 13.3 Å². The second-order valence-electron chi connectivity index (χ2n) is 6.73. The third-order valence-electron chi connectivity index (χ3n) is 4.40. The molecule has 3 aromatic rings. The summed E-state index contributed by atoms with van der Waals surface area (Å²) < 4.78 is 5.16. The topological polar surface area (TPSA) is 84.5 Å². The first-order valence-corrected chi connectivity index (χ1v) is 9.79. The standard InChI is InChI=1S/C23H21ClN2O4/c1-15(27)26-21-13-18-5-3-2-4-17(18)12-20(21)23(29)30-14-22(28)25-11-10-16-6-8-19(24)9-7-16/h2-9,12-13H,10-11,14H2,1H3,(H,25,28)(H,26,27). The maximum absolute atomic E-state index is 12.6. The number of nitrogens with one attached hydrogen (secondary N) is 2. The predicted molar refractivity (Wildman–Crippen MR) is 117 cm³/mol. The first-order valence-electron chi connectivity index (χ1n) is 9.41. The third-order valence-corrected chi connectivity index (χ3v) is 4.65. The average Bonchev–Trinajstić information content (AvgIpc) is 2.72. The minimum Gasteiger partial charge on any atom is -0.452 e. The number of hydrogen-bond donors (Lipinski definition) is 2. The lowest BCUT2D eigenvalue weighted by molar-refractivity contribution is -0.124. The Morgan fingerprint density at radius 3 is 2.30 bits per heavy atom. The van der Waals surface area contributed by atoms with Gasteiger partial charge in [0.25, 0.3) is 5.91 Å². The second-order valence-corrected chi connectivity index (χ2v) is 7.17. The van der Waals surface area contributed by atoms with Crippen LogP contribution in [0.1, 0.15) is 22.8 Å². The van der Waals surface area contributed by atoms with E-state index in [1.165, 1.54) is 6.92 Å². The molecule has 154 valence electrons. The minimum absolute atomic E-state index is 0.192. The van der Waals surface area contributed by atoms with Crippen LogP contribution in [-0.2, 0) is 20.7 Å². The van der Waals surface area contributed by atoms with E-state index >= 15 is 0 Å². The Kier molecular flexibility index (Phi) is 7.03. The van der Waals surface area contributed by atoms with Crippen LogP contribution >= 0.6 is 11.6 Å². The first kappa shape index (κ1) is 21.3. The Bertz CT molecular complexity index is 1080. The Labute approximate surface area is 179 Å². The van der Waals surface area contributed by atoms with Crippen LogP contribution in [-0.4, -0.2) is 30.9 Å². The zero-order valence-corrected chi connectivity index (χ0v) is 17.2. The van der Waals surface area contributed by atoms with Crippen molar-refractivity contribution in [1.82, 2.24) is 5.32 Å². The lowest BCUT2D eigenvalue weighted by atomic mass is 10.0. The maximum Gasteiger partial charge on any atom is 0.340 e. The Morgan fingerprint density at radius 1 is 0.967 bits per heavy atom. The quantitative estimate of drug-likeness (QED) is 0.562. The van der Waals surface area contributed by atoms with Gasteiger partial charge in [0.1, 0.15) is 0 Å².